The van der Waals surface area contributed by atoms with E-state index in [9.17, 15) is 4.79 Å². The second kappa shape index (κ2) is 4.50. The minimum absolute atomic E-state index is 0.0809. The molecule has 6 nitrogen and oxygen atoms in total. The fourth-order valence-corrected chi connectivity index (χ4v) is 1.18. The zero-order valence-corrected chi connectivity index (χ0v) is 9.01. The maximum atomic E-state index is 11.3. The van der Waals surface area contributed by atoms with Crippen LogP contribution in [-0.4, -0.2) is 24.0 Å². The molecule has 0 aliphatic heterocycles. The molecule has 1 heterocycles. The van der Waals surface area contributed by atoms with Gasteiger partial charge in [-0.1, -0.05) is 0 Å². The number of hydrogen-bond donors (Lipinski definition) is 4. The predicted molar refractivity (Wildman–Crippen MR) is 60.0 cm³/mol. The molecule has 0 atom stereocenters. The maximum absolute atomic E-state index is 11.3. The van der Waals surface area contributed by atoms with Crippen LogP contribution in [0.25, 0.3) is 0 Å². The summed E-state index contributed by atoms with van der Waals surface area (Å²) in [5, 5.41) is 5.03. The molecule has 0 aromatic carbocycles. The predicted octanol–water partition coefficient (Wildman–Crippen LogP) is 0.698. The first-order chi connectivity index (χ1) is 7.02. The van der Waals surface area contributed by atoms with E-state index in [2.05, 4.69) is 20.6 Å². The number of carbonyl (C=O) groups excluding carboxylic acids is 1. The summed E-state index contributed by atoms with van der Waals surface area (Å²) in [6.45, 7) is 3.79. The highest BCUT2D eigenvalue weighted by atomic mass is 16.2. The molecule has 0 spiro atoms. The Bertz CT molecular complexity index is 393. The molecule has 0 unspecified atom stereocenters. The van der Waals surface area contributed by atoms with E-state index in [1.807, 2.05) is 19.9 Å². The number of aryl methyl sites for hydroxylation is 2. The molecule has 6 heteroatoms. The monoisotopic (exact) mass is 209 g/mol. The Kier molecular flexibility index (Phi) is 3.33. The van der Waals surface area contributed by atoms with Crippen LogP contribution in [0.2, 0.25) is 0 Å². The number of amides is 2. The zero-order chi connectivity index (χ0) is 11.4. The molecular weight excluding hydrogens is 194 g/mol. The van der Waals surface area contributed by atoms with Crippen LogP contribution in [0.1, 0.15) is 11.4 Å². The molecule has 82 valence electrons. The van der Waals surface area contributed by atoms with Crippen molar-refractivity contribution in [3.8, 4) is 0 Å². The lowest BCUT2D eigenvalue weighted by Gasteiger charge is -2.05. The van der Waals surface area contributed by atoms with E-state index in [1.54, 1.807) is 0 Å². The van der Waals surface area contributed by atoms with E-state index in [-0.39, 0.29) is 5.96 Å². The summed E-state index contributed by atoms with van der Waals surface area (Å²) in [6, 6.07) is 1.44. The van der Waals surface area contributed by atoms with Crippen LogP contribution in [0.4, 0.5) is 10.5 Å². The summed E-state index contributed by atoms with van der Waals surface area (Å²) in [5.74, 6) is 0.0809. The summed E-state index contributed by atoms with van der Waals surface area (Å²) in [4.78, 5) is 18.0. The molecule has 2 amide bonds. The van der Waals surface area contributed by atoms with E-state index >= 15 is 0 Å². The molecule has 1 aromatic rings. The summed E-state index contributed by atoms with van der Waals surface area (Å²) >= 11 is 0. The first-order valence-electron chi connectivity index (χ1n) is 4.49. The molecule has 0 aliphatic rings. The molecule has 0 saturated carbocycles. The minimum atomic E-state index is -0.403. The fraction of sp³-hybridized carbons (Fsp3) is 0.333. The highest BCUT2D eigenvalue weighted by molar-refractivity contribution is 6.02. The largest absolute Gasteiger partial charge is 0.370 e. The van der Waals surface area contributed by atoms with Crippen molar-refractivity contribution in [1.29, 1.82) is 0 Å². The Morgan fingerprint density at radius 3 is 2.67 bits per heavy atom. The number of nitrogens with one attached hydrogen (secondary N) is 3. The number of urea groups is 1. The number of nitrogens with zero attached hydrogens (tertiary/aromatic N) is 1. The molecular formula is C9H15N5O. The summed E-state index contributed by atoms with van der Waals surface area (Å²) in [6.07, 6.45) is 0. The van der Waals surface area contributed by atoms with Crippen LogP contribution in [-0.2, 0) is 0 Å². The number of aromatic amines is 1. The van der Waals surface area contributed by atoms with Gasteiger partial charge in [0.05, 0.1) is 5.69 Å². The first-order valence-corrected chi connectivity index (χ1v) is 4.49. The van der Waals surface area contributed by atoms with Crippen molar-refractivity contribution < 1.29 is 4.79 Å². The number of carbonyl (C=O) groups is 1. The number of aliphatic imine (C=N–C) groups is 1. The Balaban J connectivity index is 2.63. The van der Waals surface area contributed by atoms with Gasteiger partial charge in [-0.25, -0.2) is 4.79 Å². The van der Waals surface area contributed by atoms with Gasteiger partial charge in [-0.15, -0.1) is 0 Å². The number of nitrogens with two attached hydrogens (primary N) is 1. The molecule has 1 rings (SSSR count). The van der Waals surface area contributed by atoms with Gasteiger partial charge < -0.3 is 16.0 Å². The SMILES string of the molecule is CN=C(N)NC(=O)Nc1cc(C)[nH]c1C. The molecule has 0 aliphatic carbocycles. The Hall–Kier alpha value is -1.98. The molecule has 0 saturated heterocycles. The van der Waals surface area contributed by atoms with Gasteiger partial charge in [0.15, 0.2) is 5.96 Å². The smallest absolute Gasteiger partial charge is 0.326 e. The lowest BCUT2D eigenvalue weighted by Crippen LogP contribution is -2.39. The molecule has 0 bridgehead atoms. The normalized spacial score (nSPS) is 11.3. The number of guanidine groups is 1. The summed E-state index contributed by atoms with van der Waals surface area (Å²) < 4.78 is 0. The maximum Gasteiger partial charge on any atom is 0.326 e. The molecule has 0 radical (unpaired) electrons. The van der Waals surface area contributed by atoms with Crippen molar-refractivity contribution in [1.82, 2.24) is 10.3 Å². The van der Waals surface area contributed by atoms with Crippen molar-refractivity contribution in [2.75, 3.05) is 12.4 Å². The molecule has 5 N–H and O–H groups in total. The number of aromatic nitrogens is 1. The van der Waals surface area contributed by atoms with Gasteiger partial charge in [-0.2, -0.15) is 0 Å². The number of H-pyrrole nitrogens is 1. The van der Waals surface area contributed by atoms with Crippen LogP contribution in [0.5, 0.6) is 0 Å². The molecule has 1 aromatic heterocycles. The lowest BCUT2D eigenvalue weighted by molar-refractivity contribution is 0.256. The lowest BCUT2D eigenvalue weighted by atomic mass is 10.4. The van der Waals surface area contributed by atoms with Crippen LogP contribution in [0.3, 0.4) is 0 Å². The second-order valence-electron chi connectivity index (χ2n) is 3.18. The van der Waals surface area contributed by atoms with E-state index in [0.29, 0.717) is 0 Å². The average molecular weight is 209 g/mol. The van der Waals surface area contributed by atoms with E-state index in [0.717, 1.165) is 17.1 Å². The Labute approximate surface area is 88.0 Å². The third kappa shape index (κ3) is 3.01. The zero-order valence-electron chi connectivity index (χ0n) is 9.01. The number of anilines is 1. The Morgan fingerprint density at radius 1 is 1.53 bits per heavy atom. The summed E-state index contributed by atoms with van der Waals surface area (Å²) in [5.41, 5.74) is 7.96. The van der Waals surface area contributed by atoms with E-state index in [4.69, 9.17) is 5.73 Å². The number of rotatable bonds is 1. The third-order valence-corrected chi connectivity index (χ3v) is 1.88. The molecule has 0 fully saturated rings. The number of hydrogen-bond acceptors (Lipinski definition) is 2. The van der Waals surface area contributed by atoms with Gasteiger partial charge in [0.25, 0.3) is 0 Å². The van der Waals surface area contributed by atoms with Gasteiger partial charge in [-0.3, -0.25) is 10.3 Å². The van der Waals surface area contributed by atoms with E-state index < -0.39 is 6.03 Å². The van der Waals surface area contributed by atoms with Crippen LogP contribution < -0.4 is 16.4 Å². The van der Waals surface area contributed by atoms with Crippen LogP contribution in [0.15, 0.2) is 11.1 Å². The topological polar surface area (TPSA) is 95.3 Å². The highest BCUT2D eigenvalue weighted by Crippen LogP contribution is 2.14. The van der Waals surface area contributed by atoms with Crippen molar-refractivity contribution in [2.45, 2.75) is 13.8 Å². The Morgan fingerprint density at radius 2 is 2.20 bits per heavy atom. The van der Waals surface area contributed by atoms with E-state index in [1.165, 1.54) is 7.05 Å². The minimum Gasteiger partial charge on any atom is -0.370 e. The van der Waals surface area contributed by atoms with Crippen molar-refractivity contribution in [2.24, 2.45) is 10.7 Å². The van der Waals surface area contributed by atoms with Crippen LogP contribution >= 0.6 is 0 Å². The van der Waals surface area contributed by atoms with Gasteiger partial charge in [0.2, 0.25) is 0 Å². The standard InChI is InChI=1S/C9H15N5O/c1-5-4-7(6(2)12-5)13-9(15)14-8(10)11-3/h4,12H,1-3H3,(H4,10,11,13,14,15). The first kappa shape index (κ1) is 11.1. The summed E-state index contributed by atoms with van der Waals surface area (Å²) in [7, 11) is 1.50. The van der Waals surface area contributed by atoms with Crippen molar-refractivity contribution in [3.63, 3.8) is 0 Å². The second-order valence-corrected chi connectivity index (χ2v) is 3.18. The van der Waals surface area contributed by atoms with Crippen molar-refractivity contribution in [3.05, 3.63) is 17.5 Å². The van der Waals surface area contributed by atoms with Gasteiger partial charge >= 0.3 is 6.03 Å². The quantitative estimate of drug-likeness (QED) is 0.404. The fourth-order valence-electron chi connectivity index (χ4n) is 1.18. The van der Waals surface area contributed by atoms with Crippen molar-refractivity contribution >= 4 is 17.7 Å². The van der Waals surface area contributed by atoms with Gasteiger partial charge in [0.1, 0.15) is 0 Å². The van der Waals surface area contributed by atoms with Gasteiger partial charge in [0, 0.05) is 18.4 Å². The van der Waals surface area contributed by atoms with Crippen LogP contribution in [0, 0.1) is 13.8 Å². The average Bonchev–Trinajstić information content (AvgIpc) is 2.44. The molecule has 15 heavy (non-hydrogen) atoms. The third-order valence-electron chi connectivity index (χ3n) is 1.88. The highest BCUT2D eigenvalue weighted by Gasteiger charge is 2.06. The van der Waals surface area contributed by atoms with Gasteiger partial charge in [-0.05, 0) is 19.9 Å².